The van der Waals surface area contributed by atoms with Crippen LogP contribution in [0.1, 0.15) is 37.8 Å². The maximum atomic E-state index is 13.1. The fourth-order valence-electron chi connectivity index (χ4n) is 2.15. The van der Waals surface area contributed by atoms with Gasteiger partial charge in [-0.1, -0.05) is 6.42 Å². The topological polar surface area (TPSA) is 24.9 Å². The Balaban J connectivity index is 1.91. The maximum absolute atomic E-state index is 13.1. The van der Waals surface area contributed by atoms with Crippen LogP contribution in [0.4, 0.5) is 4.39 Å². The van der Waals surface area contributed by atoms with Crippen molar-refractivity contribution in [1.29, 1.82) is 0 Å². The lowest BCUT2D eigenvalue weighted by atomic mass is 9.84. The highest BCUT2D eigenvalue weighted by Gasteiger charge is 2.35. The van der Waals surface area contributed by atoms with E-state index in [1.54, 1.807) is 12.3 Å². The number of nitrogens with one attached hydrogen (secondary N) is 1. The van der Waals surface area contributed by atoms with Crippen molar-refractivity contribution in [1.82, 2.24) is 10.3 Å². The summed E-state index contributed by atoms with van der Waals surface area (Å²) in [5.74, 6) is -0.264. The Bertz CT molecular complexity index is 374. The van der Waals surface area contributed by atoms with Gasteiger partial charge in [0.15, 0.2) is 0 Å². The van der Waals surface area contributed by atoms with E-state index in [0.717, 1.165) is 12.1 Å². The summed E-state index contributed by atoms with van der Waals surface area (Å²) in [6, 6.07) is 1.71. The average molecular weight is 254 g/mol. The molecule has 1 atom stereocenters. The zero-order valence-electron chi connectivity index (χ0n) is 10.4. The minimum Gasteiger partial charge on any atom is -0.309 e. The maximum Gasteiger partial charge on any atom is 0.141 e. The van der Waals surface area contributed by atoms with Crippen LogP contribution in [-0.2, 0) is 0 Å². The van der Waals surface area contributed by atoms with Crippen LogP contribution < -0.4 is 5.32 Å². The molecule has 1 aliphatic carbocycles. The van der Waals surface area contributed by atoms with Crippen molar-refractivity contribution in [3.05, 3.63) is 29.8 Å². The summed E-state index contributed by atoms with van der Waals surface area (Å²) in [5.41, 5.74) is 0.917. The Morgan fingerprint density at radius 3 is 2.82 bits per heavy atom. The second kappa shape index (κ2) is 5.36. The van der Waals surface area contributed by atoms with E-state index in [1.807, 2.05) is 11.8 Å². The highest BCUT2D eigenvalue weighted by Crippen LogP contribution is 2.42. The summed E-state index contributed by atoms with van der Waals surface area (Å²) in [6.45, 7) is 3.05. The molecule has 1 aromatic rings. The third-order valence-electron chi connectivity index (χ3n) is 3.65. The average Bonchev–Trinajstić information content (AvgIpc) is 2.28. The Kier molecular flexibility index (Phi) is 4.05. The monoisotopic (exact) mass is 254 g/mol. The molecule has 1 aliphatic rings. The van der Waals surface area contributed by atoms with E-state index < -0.39 is 0 Å². The molecule has 2 nitrogen and oxygen atoms in total. The van der Waals surface area contributed by atoms with Crippen LogP contribution >= 0.6 is 11.8 Å². The molecule has 1 heterocycles. The molecule has 0 saturated heterocycles. The lowest BCUT2D eigenvalue weighted by Gasteiger charge is -2.41. The lowest BCUT2D eigenvalue weighted by Crippen LogP contribution is -2.44. The van der Waals surface area contributed by atoms with Crippen LogP contribution in [-0.4, -0.2) is 22.5 Å². The molecule has 1 unspecified atom stereocenters. The van der Waals surface area contributed by atoms with E-state index in [2.05, 4.69) is 23.5 Å². The molecule has 1 saturated carbocycles. The predicted molar refractivity (Wildman–Crippen MR) is 70.7 cm³/mol. The van der Waals surface area contributed by atoms with Crippen molar-refractivity contribution in [2.75, 3.05) is 12.8 Å². The van der Waals surface area contributed by atoms with Crippen molar-refractivity contribution in [2.45, 2.75) is 37.0 Å². The molecule has 0 radical (unpaired) electrons. The van der Waals surface area contributed by atoms with E-state index in [0.29, 0.717) is 4.75 Å². The molecule has 2 rings (SSSR count). The molecule has 0 aromatic carbocycles. The zero-order valence-corrected chi connectivity index (χ0v) is 11.2. The number of hydrogen-bond acceptors (Lipinski definition) is 3. The second-order valence-corrected chi connectivity index (χ2v) is 6.05. The Morgan fingerprint density at radius 2 is 2.29 bits per heavy atom. The molecule has 1 fully saturated rings. The summed E-state index contributed by atoms with van der Waals surface area (Å²) in [7, 11) is 0. The van der Waals surface area contributed by atoms with Crippen LogP contribution in [0.5, 0.6) is 0 Å². The first kappa shape index (κ1) is 12.8. The van der Waals surface area contributed by atoms with Gasteiger partial charge in [-0.2, -0.15) is 11.8 Å². The normalized spacial score (nSPS) is 19.7. The summed E-state index contributed by atoms with van der Waals surface area (Å²) in [6.07, 6.45) is 9.05. The van der Waals surface area contributed by atoms with Gasteiger partial charge in [-0.05, 0) is 37.7 Å². The highest BCUT2D eigenvalue weighted by molar-refractivity contribution is 8.00. The molecular formula is C13H19FN2S. The van der Waals surface area contributed by atoms with Gasteiger partial charge in [0.2, 0.25) is 0 Å². The Hall–Kier alpha value is -0.610. The first-order valence-corrected chi connectivity index (χ1v) is 7.27. The van der Waals surface area contributed by atoms with Crippen LogP contribution in [0.15, 0.2) is 18.5 Å². The fourth-order valence-corrected chi connectivity index (χ4v) is 3.07. The van der Waals surface area contributed by atoms with Gasteiger partial charge in [-0.3, -0.25) is 4.98 Å². The van der Waals surface area contributed by atoms with E-state index in [-0.39, 0.29) is 11.9 Å². The minimum atomic E-state index is -0.264. The van der Waals surface area contributed by atoms with Gasteiger partial charge in [0.05, 0.1) is 6.20 Å². The second-order valence-electron chi connectivity index (χ2n) is 4.78. The largest absolute Gasteiger partial charge is 0.309 e. The molecule has 0 bridgehead atoms. The number of thioether (sulfide) groups is 1. The van der Waals surface area contributed by atoms with Gasteiger partial charge in [0.25, 0.3) is 0 Å². The number of nitrogens with zero attached hydrogens (tertiary/aromatic N) is 1. The quantitative estimate of drug-likeness (QED) is 0.873. The third kappa shape index (κ3) is 2.99. The molecule has 0 amide bonds. The van der Waals surface area contributed by atoms with Crippen molar-refractivity contribution >= 4 is 11.8 Å². The number of pyridine rings is 1. The van der Waals surface area contributed by atoms with Crippen molar-refractivity contribution in [3.63, 3.8) is 0 Å². The number of rotatable bonds is 5. The highest BCUT2D eigenvalue weighted by atomic mass is 32.2. The molecule has 94 valence electrons. The standard InChI is InChI=1S/C13H19FN2S/c1-10(11-6-12(14)8-15-7-11)16-9-13(17-2)4-3-5-13/h6-8,10,16H,3-5,9H2,1-2H3. The van der Waals surface area contributed by atoms with Gasteiger partial charge in [0, 0.05) is 23.5 Å². The first-order valence-electron chi connectivity index (χ1n) is 6.04. The number of hydrogen-bond donors (Lipinski definition) is 1. The fraction of sp³-hybridized carbons (Fsp3) is 0.615. The van der Waals surface area contributed by atoms with Gasteiger partial charge < -0.3 is 5.32 Å². The van der Waals surface area contributed by atoms with E-state index >= 15 is 0 Å². The first-order chi connectivity index (χ1) is 8.15. The Morgan fingerprint density at radius 1 is 1.53 bits per heavy atom. The molecule has 17 heavy (non-hydrogen) atoms. The molecular weight excluding hydrogens is 235 g/mol. The summed E-state index contributed by atoms with van der Waals surface area (Å²) >= 11 is 1.95. The smallest absolute Gasteiger partial charge is 0.141 e. The van der Waals surface area contributed by atoms with E-state index in [1.165, 1.54) is 25.5 Å². The summed E-state index contributed by atoms with van der Waals surface area (Å²) in [4.78, 5) is 3.88. The zero-order chi connectivity index (χ0) is 12.3. The van der Waals surface area contributed by atoms with Crippen LogP contribution in [0.25, 0.3) is 0 Å². The van der Waals surface area contributed by atoms with E-state index in [4.69, 9.17) is 0 Å². The van der Waals surface area contributed by atoms with Gasteiger partial charge in [-0.25, -0.2) is 4.39 Å². The van der Waals surface area contributed by atoms with Crippen LogP contribution in [0.2, 0.25) is 0 Å². The van der Waals surface area contributed by atoms with Crippen molar-refractivity contribution < 1.29 is 4.39 Å². The summed E-state index contributed by atoms with van der Waals surface area (Å²) in [5, 5.41) is 3.49. The van der Waals surface area contributed by atoms with Gasteiger partial charge in [-0.15, -0.1) is 0 Å². The molecule has 1 N–H and O–H groups in total. The molecule has 1 aromatic heterocycles. The minimum absolute atomic E-state index is 0.155. The predicted octanol–water partition coefficient (Wildman–Crippen LogP) is 3.16. The SMILES string of the molecule is CSC1(CNC(C)c2cncc(F)c2)CCC1. The summed E-state index contributed by atoms with van der Waals surface area (Å²) < 4.78 is 13.5. The lowest BCUT2D eigenvalue weighted by molar-refractivity contribution is 0.334. The number of aromatic nitrogens is 1. The van der Waals surface area contributed by atoms with Gasteiger partial charge >= 0.3 is 0 Å². The van der Waals surface area contributed by atoms with E-state index in [9.17, 15) is 4.39 Å². The molecule has 4 heteroatoms. The molecule has 0 spiro atoms. The van der Waals surface area contributed by atoms with Gasteiger partial charge in [0.1, 0.15) is 5.82 Å². The van der Waals surface area contributed by atoms with Crippen molar-refractivity contribution in [2.24, 2.45) is 0 Å². The number of halogens is 1. The molecule has 0 aliphatic heterocycles. The Labute approximate surface area is 106 Å². The van der Waals surface area contributed by atoms with Crippen molar-refractivity contribution in [3.8, 4) is 0 Å². The van der Waals surface area contributed by atoms with Crippen LogP contribution in [0.3, 0.4) is 0 Å². The van der Waals surface area contributed by atoms with Crippen LogP contribution in [0, 0.1) is 5.82 Å². The third-order valence-corrected chi connectivity index (χ3v) is 5.07.